The number of carbonyl (C=O) groups excluding carboxylic acids is 1. The van der Waals surface area contributed by atoms with Crippen molar-refractivity contribution >= 4 is 11.9 Å². The number of halogens is 5. The highest BCUT2D eigenvalue weighted by Crippen LogP contribution is 2.35. The lowest BCUT2D eigenvalue weighted by Crippen LogP contribution is -2.51. The number of aliphatic carboxylic acids is 1. The average Bonchev–Trinajstić information content (AvgIpc) is 2.37. The van der Waals surface area contributed by atoms with E-state index in [1.54, 1.807) is 0 Å². The molecule has 19 heavy (non-hydrogen) atoms. The number of nitrogens with one attached hydrogen (secondary N) is 1. The van der Waals surface area contributed by atoms with Gasteiger partial charge in [0.2, 0.25) is 0 Å². The number of carboxylic acids is 1. The van der Waals surface area contributed by atoms with Crippen LogP contribution in [-0.2, 0) is 9.59 Å². The number of alkyl halides is 5. The Kier molecular flexibility index (Phi) is 4.36. The van der Waals surface area contributed by atoms with E-state index in [2.05, 4.69) is 0 Å². The lowest BCUT2D eigenvalue weighted by Gasteiger charge is -2.25. The van der Waals surface area contributed by atoms with E-state index in [4.69, 9.17) is 5.11 Å². The largest absolute Gasteiger partial charge is 0.481 e. The number of carboxylic acid groups (broad SMARTS) is 1. The predicted octanol–water partition coefficient (Wildman–Crippen LogP) is 1.94. The summed E-state index contributed by atoms with van der Waals surface area (Å²) in [5.74, 6) is -8.28. The molecule has 0 unspecified atom stereocenters. The van der Waals surface area contributed by atoms with Gasteiger partial charge in [-0.25, -0.2) is 8.78 Å². The van der Waals surface area contributed by atoms with Gasteiger partial charge in [0.1, 0.15) is 0 Å². The number of hydrogen-bond donors (Lipinski definition) is 2. The Morgan fingerprint density at radius 2 is 1.74 bits per heavy atom. The molecule has 0 heterocycles. The van der Waals surface area contributed by atoms with Crippen molar-refractivity contribution in [1.29, 1.82) is 0 Å². The molecule has 1 aliphatic carbocycles. The zero-order valence-electron chi connectivity index (χ0n) is 9.64. The molecular formula is C10H12F5NO3. The normalized spacial score (nSPS) is 27.4. The van der Waals surface area contributed by atoms with Crippen molar-refractivity contribution in [1.82, 2.24) is 5.32 Å². The van der Waals surface area contributed by atoms with Gasteiger partial charge in [-0.05, 0) is 19.3 Å². The van der Waals surface area contributed by atoms with Crippen molar-refractivity contribution in [2.24, 2.45) is 5.92 Å². The van der Waals surface area contributed by atoms with E-state index in [1.807, 2.05) is 0 Å². The molecule has 1 fully saturated rings. The Morgan fingerprint density at radius 1 is 1.16 bits per heavy atom. The van der Waals surface area contributed by atoms with Crippen LogP contribution in [-0.4, -0.2) is 35.1 Å². The minimum Gasteiger partial charge on any atom is -0.481 e. The second-order valence-corrected chi connectivity index (χ2v) is 4.44. The first kappa shape index (κ1) is 15.6. The zero-order valence-corrected chi connectivity index (χ0v) is 9.64. The van der Waals surface area contributed by atoms with Crippen molar-refractivity contribution in [3.63, 3.8) is 0 Å². The van der Waals surface area contributed by atoms with E-state index < -0.39 is 48.8 Å². The second kappa shape index (κ2) is 5.30. The van der Waals surface area contributed by atoms with Crippen LogP contribution in [0, 0.1) is 5.92 Å². The molecule has 0 spiro atoms. The fourth-order valence-electron chi connectivity index (χ4n) is 1.93. The monoisotopic (exact) mass is 289 g/mol. The standard InChI is InChI=1S/C10H12F5NO3/c11-9(12)4-3-5(7(17)18)1-2-6(9)16-8(19)10(13,14)15/h5-6H,1-4H2,(H,16,19)(H,17,18)/t5-,6-/m1/s1. The van der Waals surface area contributed by atoms with Crippen LogP contribution in [0.2, 0.25) is 0 Å². The molecule has 0 aromatic heterocycles. The Labute approximate surface area is 105 Å². The number of rotatable bonds is 2. The Bertz CT molecular complexity index is 369. The van der Waals surface area contributed by atoms with Crippen molar-refractivity contribution in [2.45, 2.75) is 43.8 Å². The van der Waals surface area contributed by atoms with E-state index in [0.717, 1.165) is 0 Å². The van der Waals surface area contributed by atoms with Crippen molar-refractivity contribution in [2.75, 3.05) is 0 Å². The van der Waals surface area contributed by atoms with Crippen LogP contribution < -0.4 is 5.32 Å². The van der Waals surface area contributed by atoms with E-state index in [9.17, 15) is 31.5 Å². The summed E-state index contributed by atoms with van der Waals surface area (Å²) < 4.78 is 63.1. The molecule has 0 aromatic rings. The van der Waals surface area contributed by atoms with Gasteiger partial charge in [-0.1, -0.05) is 0 Å². The van der Waals surface area contributed by atoms with Gasteiger partial charge in [0.05, 0.1) is 12.0 Å². The Morgan fingerprint density at radius 3 is 2.21 bits per heavy atom. The van der Waals surface area contributed by atoms with Crippen LogP contribution in [0.25, 0.3) is 0 Å². The van der Waals surface area contributed by atoms with Crippen LogP contribution >= 0.6 is 0 Å². The van der Waals surface area contributed by atoms with Crippen LogP contribution in [0.5, 0.6) is 0 Å². The maximum Gasteiger partial charge on any atom is 0.471 e. The molecule has 1 aliphatic rings. The van der Waals surface area contributed by atoms with Crippen LogP contribution in [0.15, 0.2) is 0 Å². The molecule has 110 valence electrons. The SMILES string of the molecule is O=C(O)[C@@H]1CC[C@@H](NC(=O)C(F)(F)F)C(F)(F)CC1. The fourth-order valence-corrected chi connectivity index (χ4v) is 1.93. The molecule has 1 saturated carbocycles. The van der Waals surface area contributed by atoms with E-state index >= 15 is 0 Å². The highest BCUT2D eigenvalue weighted by atomic mass is 19.4. The van der Waals surface area contributed by atoms with Gasteiger partial charge in [-0.15, -0.1) is 0 Å². The summed E-state index contributed by atoms with van der Waals surface area (Å²) in [6, 6.07) is -1.99. The molecule has 2 N–H and O–H groups in total. The quantitative estimate of drug-likeness (QED) is 0.603. The fraction of sp³-hybridized carbons (Fsp3) is 0.800. The van der Waals surface area contributed by atoms with Crippen LogP contribution in [0.4, 0.5) is 22.0 Å². The Balaban J connectivity index is 2.76. The molecule has 0 radical (unpaired) electrons. The smallest absolute Gasteiger partial charge is 0.471 e. The van der Waals surface area contributed by atoms with E-state index in [1.165, 1.54) is 5.32 Å². The molecule has 1 amide bonds. The summed E-state index contributed by atoms with van der Waals surface area (Å²) in [6.45, 7) is 0. The van der Waals surface area contributed by atoms with Crippen LogP contribution in [0.3, 0.4) is 0 Å². The maximum atomic E-state index is 13.5. The Hall–Kier alpha value is -1.41. The van der Waals surface area contributed by atoms with Gasteiger partial charge in [0.15, 0.2) is 0 Å². The first-order valence-corrected chi connectivity index (χ1v) is 5.52. The summed E-state index contributed by atoms with van der Waals surface area (Å²) in [6.07, 6.45) is -7.15. The lowest BCUT2D eigenvalue weighted by atomic mass is 10.0. The van der Waals surface area contributed by atoms with Gasteiger partial charge in [-0.2, -0.15) is 13.2 Å². The lowest BCUT2D eigenvalue weighted by molar-refractivity contribution is -0.177. The van der Waals surface area contributed by atoms with Crippen molar-refractivity contribution in [3.05, 3.63) is 0 Å². The van der Waals surface area contributed by atoms with Gasteiger partial charge in [-0.3, -0.25) is 9.59 Å². The number of hydrogen-bond acceptors (Lipinski definition) is 2. The number of amides is 1. The van der Waals surface area contributed by atoms with Gasteiger partial charge in [0.25, 0.3) is 5.92 Å². The molecule has 9 heteroatoms. The summed E-state index contributed by atoms with van der Waals surface area (Å²) in [4.78, 5) is 21.4. The number of carbonyl (C=O) groups is 2. The van der Waals surface area contributed by atoms with E-state index in [0.29, 0.717) is 0 Å². The minimum atomic E-state index is -5.24. The molecule has 0 bridgehead atoms. The highest BCUT2D eigenvalue weighted by Gasteiger charge is 2.48. The third-order valence-corrected chi connectivity index (χ3v) is 3.05. The summed E-state index contributed by atoms with van der Waals surface area (Å²) in [7, 11) is 0. The van der Waals surface area contributed by atoms with Gasteiger partial charge < -0.3 is 10.4 Å². The molecule has 0 saturated heterocycles. The summed E-state index contributed by atoms with van der Waals surface area (Å²) in [5.41, 5.74) is 0. The predicted molar refractivity (Wildman–Crippen MR) is 52.5 cm³/mol. The molecule has 0 aliphatic heterocycles. The zero-order chi connectivity index (χ0) is 14.8. The van der Waals surface area contributed by atoms with Crippen molar-refractivity contribution < 1.29 is 36.6 Å². The molecule has 1 rings (SSSR count). The van der Waals surface area contributed by atoms with Crippen molar-refractivity contribution in [3.8, 4) is 0 Å². The topological polar surface area (TPSA) is 66.4 Å². The first-order chi connectivity index (χ1) is 8.54. The van der Waals surface area contributed by atoms with Gasteiger partial charge >= 0.3 is 18.1 Å². The molecule has 2 atom stereocenters. The highest BCUT2D eigenvalue weighted by molar-refractivity contribution is 5.82. The summed E-state index contributed by atoms with van der Waals surface area (Å²) in [5, 5.41) is 9.96. The van der Waals surface area contributed by atoms with E-state index in [-0.39, 0.29) is 12.8 Å². The second-order valence-electron chi connectivity index (χ2n) is 4.44. The minimum absolute atomic E-state index is 0.201. The molecular weight excluding hydrogens is 277 g/mol. The third-order valence-electron chi connectivity index (χ3n) is 3.05. The maximum absolute atomic E-state index is 13.5. The first-order valence-electron chi connectivity index (χ1n) is 5.52. The van der Waals surface area contributed by atoms with Gasteiger partial charge in [0, 0.05) is 6.42 Å². The average molecular weight is 289 g/mol. The summed E-state index contributed by atoms with van der Waals surface area (Å²) >= 11 is 0. The third kappa shape index (κ3) is 4.03. The van der Waals surface area contributed by atoms with Crippen LogP contribution in [0.1, 0.15) is 25.7 Å². The molecule has 0 aromatic carbocycles. The molecule has 4 nitrogen and oxygen atoms in total.